The molecular formula is C16H17BClNO3. The molecule has 4 nitrogen and oxygen atoms in total. The van der Waals surface area contributed by atoms with Crippen molar-refractivity contribution in [3.8, 4) is 0 Å². The van der Waals surface area contributed by atoms with Crippen molar-refractivity contribution >= 4 is 41.1 Å². The van der Waals surface area contributed by atoms with Crippen molar-refractivity contribution in [2.24, 2.45) is 0 Å². The van der Waals surface area contributed by atoms with E-state index in [4.69, 9.17) is 16.3 Å². The fourth-order valence-electron chi connectivity index (χ4n) is 3.17. The van der Waals surface area contributed by atoms with Crippen LogP contribution < -0.4 is 4.81 Å². The number of hydrogen-bond acceptors (Lipinski definition) is 4. The standard InChI is InChI=1S/C16H17BClNO3/c1-17(21)19-9-12(8-18)15-13-5-3-11(16(20)22-2)7-10(13)4-6-14(15)19/h3-7,12,21H,8-9H2,1-2H3. The van der Waals surface area contributed by atoms with E-state index < -0.39 is 7.05 Å². The maximum absolute atomic E-state index is 11.7. The Kier molecular flexibility index (Phi) is 4.02. The molecule has 2 aromatic carbocycles. The molecule has 0 aliphatic carbocycles. The van der Waals surface area contributed by atoms with Crippen molar-refractivity contribution < 1.29 is 14.6 Å². The van der Waals surface area contributed by atoms with Gasteiger partial charge in [-0.05, 0) is 41.4 Å². The van der Waals surface area contributed by atoms with Gasteiger partial charge < -0.3 is 14.6 Å². The number of esters is 1. The summed E-state index contributed by atoms with van der Waals surface area (Å²) in [5, 5.41) is 12.0. The third-order valence-corrected chi connectivity index (χ3v) is 4.60. The molecule has 1 aliphatic rings. The van der Waals surface area contributed by atoms with Crippen LogP contribution in [-0.2, 0) is 4.74 Å². The number of hydrogen-bond donors (Lipinski definition) is 1. The molecule has 0 radical (unpaired) electrons. The van der Waals surface area contributed by atoms with Crippen molar-refractivity contribution in [1.29, 1.82) is 0 Å². The zero-order valence-electron chi connectivity index (χ0n) is 12.5. The quantitative estimate of drug-likeness (QED) is 0.537. The van der Waals surface area contributed by atoms with Gasteiger partial charge in [0.05, 0.1) is 12.7 Å². The Bertz CT molecular complexity index is 735. The highest BCUT2D eigenvalue weighted by Gasteiger charge is 2.33. The summed E-state index contributed by atoms with van der Waals surface area (Å²) in [6.45, 7) is 2.46. The number of nitrogens with zero attached hydrogens (tertiary/aromatic N) is 1. The van der Waals surface area contributed by atoms with Gasteiger partial charge in [-0.25, -0.2) is 4.79 Å². The second-order valence-corrected chi connectivity index (χ2v) is 5.87. The number of ether oxygens (including phenoxy) is 1. The van der Waals surface area contributed by atoms with Crippen molar-refractivity contribution in [3.05, 3.63) is 41.5 Å². The van der Waals surface area contributed by atoms with Crippen LogP contribution in [-0.4, -0.2) is 37.6 Å². The fourth-order valence-corrected chi connectivity index (χ4v) is 3.43. The minimum Gasteiger partial charge on any atom is -0.465 e. The third kappa shape index (κ3) is 2.34. The average molecular weight is 318 g/mol. The molecule has 1 atom stereocenters. The maximum Gasteiger partial charge on any atom is 0.409 e. The lowest BCUT2D eigenvalue weighted by molar-refractivity contribution is 0.0601. The summed E-state index contributed by atoms with van der Waals surface area (Å²) in [6, 6.07) is 9.48. The van der Waals surface area contributed by atoms with Crippen molar-refractivity contribution in [1.82, 2.24) is 0 Å². The van der Waals surface area contributed by atoms with Gasteiger partial charge in [-0.2, -0.15) is 0 Å². The molecule has 0 bridgehead atoms. The smallest absolute Gasteiger partial charge is 0.409 e. The van der Waals surface area contributed by atoms with E-state index in [1.807, 2.05) is 29.1 Å². The minimum atomic E-state index is -0.557. The predicted molar refractivity (Wildman–Crippen MR) is 89.9 cm³/mol. The second kappa shape index (κ2) is 5.82. The molecule has 0 saturated carbocycles. The Hall–Kier alpha value is -1.72. The lowest BCUT2D eigenvalue weighted by Gasteiger charge is -2.20. The number of carbonyl (C=O) groups excluding carboxylic acids is 1. The Morgan fingerprint density at radius 1 is 1.45 bits per heavy atom. The van der Waals surface area contributed by atoms with E-state index in [0.717, 1.165) is 22.0 Å². The van der Waals surface area contributed by atoms with E-state index in [-0.39, 0.29) is 11.9 Å². The number of halogens is 1. The van der Waals surface area contributed by atoms with Crippen LogP contribution in [0.2, 0.25) is 6.82 Å². The predicted octanol–water partition coefficient (Wildman–Crippen LogP) is 2.88. The van der Waals surface area contributed by atoms with Crippen molar-refractivity contribution in [2.45, 2.75) is 12.7 Å². The molecule has 6 heteroatoms. The molecule has 1 aliphatic heterocycles. The number of methoxy groups -OCH3 is 1. The molecule has 3 rings (SSSR count). The second-order valence-electron chi connectivity index (χ2n) is 5.56. The van der Waals surface area contributed by atoms with Crippen LogP contribution in [0.15, 0.2) is 30.3 Å². The van der Waals surface area contributed by atoms with Gasteiger partial charge in [-0.1, -0.05) is 12.1 Å². The number of alkyl halides is 1. The van der Waals surface area contributed by atoms with E-state index >= 15 is 0 Å². The van der Waals surface area contributed by atoms with Crippen molar-refractivity contribution in [3.63, 3.8) is 0 Å². The van der Waals surface area contributed by atoms with Crippen LogP contribution in [0.3, 0.4) is 0 Å². The first-order valence-electron chi connectivity index (χ1n) is 7.22. The van der Waals surface area contributed by atoms with Crippen molar-refractivity contribution in [2.75, 3.05) is 24.3 Å². The molecule has 2 aromatic rings. The summed E-state index contributed by atoms with van der Waals surface area (Å²) < 4.78 is 4.77. The van der Waals surface area contributed by atoms with Crippen LogP contribution >= 0.6 is 11.6 Å². The van der Waals surface area contributed by atoms with Gasteiger partial charge >= 0.3 is 13.0 Å². The van der Waals surface area contributed by atoms with E-state index in [9.17, 15) is 9.82 Å². The summed E-state index contributed by atoms with van der Waals surface area (Å²) in [5.41, 5.74) is 2.69. The zero-order chi connectivity index (χ0) is 15.9. The number of anilines is 1. The van der Waals surface area contributed by atoms with Gasteiger partial charge in [0, 0.05) is 24.0 Å². The summed E-state index contributed by atoms with van der Waals surface area (Å²) >= 11 is 6.13. The Morgan fingerprint density at radius 2 is 2.23 bits per heavy atom. The first-order valence-corrected chi connectivity index (χ1v) is 7.76. The molecule has 0 spiro atoms. The first kappa shape index (κ1) is 15.2. The topological polar surface area (TPSA) is 49.8 Å². The fraction of sp³-hybridized carbons (Fsp3) is 0.312. The number of rotatable bonds is 3. The number of carbonyl (C=O) groups is 1. The SMILES string of the molecule is COC(=O)c1ccc2c3c(ccc2c1)N(B(C)O)CC3CCl. The molecule has 0 fully saturated rings. The summed E-state index contributed by atoms with van der Waals surface area (Å²) in [7, 11) is 0.818. The zero-order valence-corrected chi connectivity index (χ0v) is 13.3. The van der Waals surface area contributed by atoms with Gasteiger partial charge in [-0.3, -0.25) is 0 Å². The van der Waals surface area contributed by atoms with Gasteiger partial charge in [0.2, 0.25) is 0 Å². The van der Waals surface area contributed by atoms with Gasteiger partial charge in [0.15, 0.2) is 0 Å². The van der Waals surface area contributed by atoms with Crippen LogP contribution in [0.4, 0.5) is 5.69 Å². The Morgan fingerprint density at radius 3 is 2.86 bits per heavy atom. The highest BCUT2D eigenvalue weighted by Crippen LogP contribution is 2.42. The summed E-state index contributed by atoms with van der Waals surface area (Å²) in [4.78, 5) is 13.6. The third-order valence-electron chi connectivity index (χ3n) is 4.23. The molecule has 22 heavy (non-hydrogen) atoms. The highest BCUT2D eigenvalue weighted by atomic mass is 35.5. The van der Waals surface area contributed by atoms with E-state index in [0.29, 0.717) is 18.0 Å². The monoisotopic (exact) mass is 317 g/mol. The highest BCUT2D eigenvalue weighted by molar-refractivity contribution is 6.54. The minimum absolute atomic E-state index is 0.166. The normalized spacial score (nSPS) is 16.7. The Balaban J connectivity index is 2.17. The first-order chi connectivity index (χ1) is 10.6. The summed E-state index contributed by atoms with van der Waals surface area (Å²) in [6.07, 6.45) is 0. The van der Waals surface area contributed by atoms with Gasteiger partial charge in [0.1, 0.15) is 0 Å². The Labute approximate surface area is 134 Å². The molecule has 1 heterocycles. The average Bonchev–Trinajstić information content (AvgIpc) is 2.92. The molecule has 1 N–H and O–H groups in total. The van der Waals surface area contributed by atoms with Gasteiger partial charge in [0.25, 0.3) is 0 Å². The number of benzene rings is 2. The molecule has 0 saturated heterocycles. The largest absolute Gasteiger partial charge is 0.465 e. The molecule has 0 amide bonds. The number of fused-ring (bicyclic) bond motifs is 3. The maximum atomic E-state index is 11.7. The van der Waals surface area contributed by atoms with Crippen LogP contribution in [0.25, 0.3) is 10.8 Å². The van der Waals surface area contributed by atoms with Crippen LogP contribution in [0, 0.1) is 0 Å². The van der Waals surface area contributed by atoms with E-state index in [1.165, 1.54) is 7.11 Å². The van der Waals surface area contributed by atoms with Crippen LogP contribution in [0.1, 0.15) is 21.8 Å². The van der Waals surface area contributed by atoms with Crippen LogP contribution in [0.5, 0.6) is 0 Å². The molecule has 0 aromatic heterocycles. The lowest BCUT2D eigenvalue weighted by Crippen LogP contribution is -2.36. The molecular weight excluding hydrogens is 300 g/mol. The summed E-state index contributed by atoms with van der Waals surface area (Å²) in [5.74, 6) is 0.314. The van der Waals surface area contributed by atoms with E-state index in [1.54, 1.807) is 12.9 Å². The van der Waals surface area contributed by atoms with E-state index in [2.05, 4.69) is 0 Å². The molecule has 1 unspecified atom stereocenters. The van der Waals surface area contributed by atoms with Gasteiger partial charge in [-0.15, -0.1) is 11.6 Å². The molecule has 114 valence electrons. The lowest BCUT2D eigenvalue weighted by atomic mass is 9.85.